The van der Waals surface area contributed by atoms with Crippen molar-refractivity contribution in [3.63, 3.8) is 0 Å². The topological polar surface area (TPSA) is 61.8 Å². The molecule has 1 amide bonds. The van der Waals surface area contributed by atoms with Crippen molar-refractivity contribution in [3.8, 4) is 0 Å². The summed E-state index contributed by atoms with van der Waals surface area (Å²) in [6.45, 7) is 7.50. The highest BCUT2D eigenvalue weighted by molar-refractivity contribution is 6.50. The van der Waals surface area contributed by atoms with Crippen molar-refractivity contribution in [2.24, 2.45) is 21.3 Å². The number of hydrogen-bond acceptors (Lipinski definition) is 4. The summed E-state index contributed by atoms with van der Waals surface area (Å²) in [5, 5.41) is 4.58. The Morgan fingerprint density at radius 3 is 2.39 bits per heavy atom. The summed E-state index contributed by atoms with van der Waals surface area (Å²) in [6.07, 6.45) is 2.22. The first-order valence-electron chi connectivity index (χ1n) is 11.1. The van der Waals surface area contributed by atoms with Gasteiger partial charge < -0.3 is 4.90 Å². The zero-order valence-corrected chi connectivity index (χ0v) is 18.4. The second-order valence-corrected chi connectivity index (χ2v) is 9.88. The van der Waals surface area contributed by atoms with Gasteiger partial charge in [0, 0.05) is 18.5 Å². The smallest absolute Gasteiger partial charge is 0.237 e. The molecule has 2 aromatic carbocycles. The lowest BCUT2D eigenvalue weighted by molar-refractivity contribution is -0.153. The normalized spacial score (nSPS) is 29.8. The predicted molar refractivity (Wildman–Crippen MR) is 122 cm³/mol. The van der Waals surface area contributed by atoms with Crippen LogP contribution < -0.4 is 5.43 Å². The number of anilines is 1. The van der Waals surface area contributed by atoms with Crippen molar-refractivity contribution in [1.82, 2.24) is 4.90 Å². The lowest BCUT2D eigenvalue weighted by atomic mass is 9.64. The summed E-state index contributed by atoms with van der Waals surface area (Å²) >= 11 is 0. The quantitative estimate of drug-likeness (QED) is 0.596. The monoisotopic (exact) mass is 415 g/mol. The van der Waals surface area contributed by atoms with E-state index < -0.39 is 16.2 Å². The molecule has 2 saturated carbocycles. The number of fused-ring (bicyclic) bond motifs is 3. The molecule has 5 nitrogen and oxygen atoms in total. The number of Topliss-reactive ketones (excluding diaryl/α,β-unsaturated/α-hetero) is 1. The van der Waals surface area contributed by atoms with Crippen molar-refractivity contribution < 1.29 is 9.59 Å². The number of carbonyl (C=O) groups excluding carboxylic acids is 2. The van der Waals surface area contributed by atoms with Crippen LogP contribution in [-0.4, -0.2) is 28.8 Å². The van der Waals surface area contributed by atoms with Crippen LogP contribution >= 0.6 is 0 Å². The third-order valence-electron chi connectivity index (χ3n) is 8.43. The van der Waals surface area contributed by atoms with Crippen molar-refractivity contribution in [3.05, 3.63) is 65.7 Å². The molecule has 5 rings (SSSR count). The first-order chi connectivity index (χ1) is 14.8. The van der Waals surface area contributed by atoms with E-state index in [0.29, 0.717) is 25.2 Å². The van der Waals surface area contributed by atoms with Crippen LogP contribution in [0.2, 0.25) is 0 Å². The fraction of sp³-hybridized carbons (Fsp3) is 0.423. The lowest BCUT2D eigenvalue weighted by Gasteiger charge is -2.41. The van der Waals surface area contributed by atoms with Gasteiger partial charge in [-0.05, 0) is 47.9 Å². The Kier molecular flexibility index (Phi) is 4.37. The molecule has 2 fully saturated rings. The van der Waals surface area contributed by atoms with Gasteiger partial charge in [-0.15, -0.1) is 0 Å². The standard InChI is InChI=1S/C26H29N3O2/c1-24(2)25(3)14-15-26(24,22(30)21(25)28-27-20-11-5-4-6-12-20)23(31)29-16-13-18-9-7-8-10-19(18)17-29/h4-12,27H,13-17H2,1-3H3. The molecule has 0 radical (unpaired) electrons. The molecule has 2 aromatic rings. The average molecular weight is 416 g/mol. The van der Waals surface area contributed by atoms with Crippen LogP contribution in [0.3, 0.4) is 0 Å². The minimum Gasteiger partial charge on any atom is -0.337 e. The van der Waals surface area contributed by atoms with Crippen LogP contribution in [0.5, 0.6) is 0 Å². The Morgan fingerprint density at radius 1 is 0.968 bits per heavy atom. The summed E-state index contributed by atoms with van der Waals surface area (Å²) in [4.78, 5) is 29.8. The Bertz CT molecular complexity index is 1090. The first kappa shape index (κ1) is 20.0. The molecule has 0 spiro atoms. The number of amides is 1. The van der Waals surface area contributed by atoms with Crippen LogP contribution in [-0.2, 0) is 22.6 Å². The molecule has 1 N–H and O–H groups in total. The molecular formula is C26H29N3O2. The summed E-state index contributed by atoms with van der Waals surface area (Å²) in [6, 6.07) is 17.9. The predicted octanol–water partition coefficient (Wildman–Crippen LogP) is 4.43. The fourth-order valence-electron chi connectivity index (χ4n) is 6.02. The maximum absolute atomic E-state index is 14.0. The molecule has 2 unspecified atom stereocenters. The third kappa shape index (κ3) is 2.58. The molecule has 2 bridgehead atoms. The van der Waals surface area contributed by atoms with E-state index in [1.54, 1.807) is 0 Å². The zero-order valence-electron chi connectivity index (χ0n) is 18.4. The fourth-order valence-corrected chi connectivity index (χ4v) is 6.02. The molecule has 3 aliphatic rings. The van der Waals surface area contributed by atoms with Crippen LogP contribution in [0.1, 0.15) is 44.7 Å². The molecule has 0 saturated heterocycles. The number of ketones is 1. The van der Waals surface area contributed by atoms with E-state index in [-0.39, 0.29) is 11.7 Å². The van der Waals surface area contributed by atoms with Gasteiger partial charge >= 0.3 is 0 Å². The minimum absolute atomic E-state index is 0.0226. The van der Waals surface area contributed by atoms with Gasteiger partial charge in [0.05, 0.1) is 5.69 Å². The van der Waals surface area contributed by atoms with Gasteiger partial charge in [-0.25, -0.2) is 0 Å². The van der Waals surface area contributed by atoms with E-state index in [1.165, 1.54) is 11.1 Å². The van der Waals surface area contributed by atoms with Crippen LogP contribution in [0.4, 0.5) is 5.69 Å². The van der Waals surface area contributed by atoms with Crippen molar-refractivity contribution in [1.29, 1.82) is 0 Å². The largest absolute Gasteiger partial charge is 0.337 e. The Morgan fingerprint density at radius 2 is 1.65 bits per heavy atom. The van der Waals surface area contributed by atoms with Gasteiger partial charge in [0.1, 0.15) is 11.1 Å². The zero-order chi connectivity index (χ0) is 21.9. The first-order valence-corrected chi connectivity index (χ1v) is 11.1. The summed E-state index contributed by atoms with van der Waals surface area (Å²) in [7, 11) is 0. The minimum atomic E-state index is -1.04. The highest BCUT2D eigenvalue weighted by atomic mass is 16.2. The third-order valence-corrected chi connectivity index (χ3v) is 8.43. The van der Waals surface area contributed by atoms with Crippen LogP contribution in [0.15, 0.2) is 59.7 Å². The molecule has 2 atom stereocenters. The number of nitrogens with zero attached hydrogens (tertiary/aromatic N) is 2. The average Bonchev–Trinajstić information content (AvgIpc) is 3.07. The molecule has 2 aliphatic carbocycles. The number of rotatable bonds is 3. The summed E-state index contributed by atoms with van der Waals surface area (Å²) in [5.74, 6) is -0.121. The van der Waals surface area contributed by atoms with E-state index in [2.05, 4.69) is 43.4 Å². The van der Waals surface area contributed by atoms with Gasteiger partial charge in [0.15, 0.2) is 5.78 Å². The van der Waals surface area contributed by atoms with Crippen molar-refractivity contribution in [2.75, 3.05) is 12.0 Å². The maximum atomic E-state index is 14.0. The number of para-hydroxylation sites is 1. The van der Waals surface area contributed by atoms with E-state index in [0.717, 1.165) is 18.5 Å². The van der Waals surface area contributed by atoms with E-state index >= 15 is 0 Å². The van der Waals surface area contributed by atoms with Gasteiger partial charge in [0.25, 0.3) is 0 Å². The van der Waals surface area contributed by atoms with E-state index in [9.17, 15) is 9.59 Å². The van der Waals surface area contributed by atoms with Gasteiger partial charge in [0.2, 0.25) is 5.91 Å². The van der Waals surface area contributed by atoms with E-state index in [1.807, 2.05) is 47.4 Å². The molecule has 160 valence electrons. The Labute approximate surface area is 183 Å². The van der Waals surface area contributed by atoms with Gasteiger partial charge in [-0.3, -0.25) is 15.0 Å². The van der Waals surface area contributed by atoms with E-state index in [4.69, 9.17) is 0 Å². The number of hydrazone groups is 1. The molecule has 0 aromatic heterocycles. The second kappa shape index (κ2) is 6.78. The van der Waals surface area contributed by atoms with Gasteiger partial charge in [-0.2, -0.15) is 5.10 Å². The summed E-state index contributed by atoms with van der Waals surface area (Å²) in [5.41, 5.74) is 4.91. The lowest BCUT2D eigenvalue weighted by Crippen LogP contribution is -2.53. The molecule has 5 heteroatoms. The maximum Gasteiger partial charge on any atom is 0.237 e. The van der Waals surface area contributed by atoms with Crippen LogP contribution in [0, 0.1) is 16.2 Å². The second-order valence-electron chi connectivity index (χ2n) is 9.88. The number of benzene rings is 2. The number of nitrogens with one attached hydrogen (secondary N) is 1. The Balaban J connectivity index is 1.50. The number of hydrogen-bond donors (Lipinski definition) is 1. The molecule has 1 aliphatic heterocycles. The summed E-state index contributed by atoms with van der Waals surface area (Å²) < 4.78 is 0. The van der Waals surface area contributed by atoms with Gasteiger partial charge in [-0.1, -0.05) is 63.2 Å². The molecule has 1 heterocycles. The Hall–Kier alpha value is -2.95. The number of carbonyl (C=O) groups is 2. The van der Waals surface area contributed by atoms with Crippen molar-refractivity contribution in [2.45, 2.75) is 46.6 Å². The molecular weight excluding hydrogens is 386 g/mol. The highest BCUT2D eigenvalue weighted by Crippen LogP contribution is 2.69. The SMILES string of the molecule is CC12CCC(C(=O)N3CCc4ccccc4C3)(C(=O)C1=NNc1ccccc1)C2(C)C. The highest BCUT2D eigenvalue weighted by Gasteiger charge is 2.77. The van der Waals surface area contributed by atoms with Crippen molar-refractivity contribution >= 4 is 23.1 Å². The molecule has 31 heavy (non-hydrogen) atoms. The van der Waals surface area contributed by atoms with Crippen LogP contribution in [0.25, 0.3) is 0 Å².